The van der Waals surface area contributed by atoms with E-state index in [0.717, 1.165) is 17.7 Å². The van der Waals surface area contributed by atoms with Crippen LogP contribution in [0.3, 0.4) is 0 Å². The van der Waals surface area contributed by atoms with Gasteiger partial charge >= 0.3 is 0 Å². The summed E-state index contributed by atoms with van der Waals surface area (Å²) in [7, 11) is 0. The highest BCUT2D eigenvalue weighted by molar-refractivity contribution is 7.99. The second-order valence-electron chi connectivity index (χ2n) is 4.16. The molecule has 92 valence electrons. The average molecular weight is 256 g/mol. The Balaban J connectivity index is 1.85. The first-order valence-corrected chi connectivity index (χ1v) is 7.02. The molecule has 0 N–H and O–H groups in total. The number of benzene rings is 2. The summed E-state index contributed by atoms with van der Waals surface area (Å²) in [6.07, 6.45) is 1.07. The molecule has 0 aliphatic heterocycles. The van der Waals surface area contributed by atoms with E-state index in [4.69, 9.17) is 0 Å². The van der Waals surface area contributed by atoms with E-state index < -0.39 is 0 Å². The van der Waals surface area contributed by atoms with Gasteiger partial charge in [-0.3, -0.25) is 4.79 Å². The third-order valence-electron chi connectivity index (χ3n) is 2.76. The molecule has 2 aromatic carbocycles. The molecule has 0 atom stereocenters. The fourth-order valence-electron chi connectivity index (χ4n) is 1.72. The van der Waals surface area contributed by atoms with Crippen LogP contribution < -0.4 is 0 Å². The summed E-state index contributed by atoms with van der Waals surface area (Å²) in [6, 6.07) is 18.3. The Morgan fingerprint density at radius 1 is 1.00 bits per heavy atom. The molecule has 0 heterocycles. The van der Waals surface area contributed by atoms with Crippen molar-refractivity contribution in [2.24, 2.45) is 0 Å². The summed E-state index contributed by atoms with van der Waals surface area (Å²) in [5.74, 6) is 1.18. The number of hydrogen-bond acceptors (Lipinski definition) is 2. The third kappa shape index (κ3) is 3.74. The minimum Gasteiger partial charge on any atom is -0.295 e. The zero-order chi connectivity index (χ0) is 12.8. The molecule has 2 aromatic rings. The molecule has 2 rings (SSSR count). The predicted molar refractivity (Wildman–Crippen MR) is 77.3 cm³/mol. The van der Waals surface area contributed by atoms with Gasteiger partial charge in [0.2, 0.25) is 0 Å². The summed E-state index contributed by atoms with van der Waals surface area (Å²) in [5.41, 5.74) is 2.15. The lowest BCUT2D eigenvalue weighted by atomic mass is 10.2. The number of ketones is 1. The van der Waals surface area contributed by atoms with Crippen LogP contribution in [0.25, 0.3) is 0 Å². The molecular weight excluding hydrogens is 240 g/mol. The molecule has 0 amide bonds. The van der Waals surface area contributed by atoms with Crippen molar-refractivity contribution in [1.82, 2.24) is 0 Å². The van der Waals surface area contributed by atoms with Crippen LogP contribution in [0.2, 0.25) is 0 Å². The van der Waals surface area contributed by atoms with Crippen LogP contribution in [-0.2, 0) is 6.42 Å². The van der Waals surface area contributed by atoms with Crippen molar-refractivity contribution in [1.29, 1.82) is 0 Å². The van der Waals surface area contributed by atoms with Crippen molar-refractivity contribution in [3.63, 3.8) is 0 Å². The van der Waals surface area contributed by atoms with Gasteiger partial charge in [0.25, 0.3) is 0 Å². The Bertz CT molecular complexity index is 502. The normalized spacial score (nSPS) is 10.3. The molecule has 0 fully saturated rings. The van der Waals surface area contributed by atoms with Gasteiger partial charge in [-0.2, -0.15) is 0 Å². The van der Waals surface area contributed by atoms with Gasteiger partial charge in [0, 0.05) is 16.2 Å². The third-order valence-corrected chi connectivity index (χ3v) is 3.78. The van der Waals surface area contributed by atoms with Crippen LogP contribution in [0.15, 0.2) is 59.5 Å². The Morgan fingerprint density at radius 2 is 1.67 bits per heavy atom. The largest absolute Gasteiger partial charge is 0.295 e. The zero-order valence-corrected chi connectivity index (χ0v) is 11.2. The molecule has 18 heavy (non-hydrogen) atoms. The van der Waals surface area contributed by atoms with E-state index in [9.17, 15) is 4.79 Å². The second kappa shape index (κ2) is 6.41. The second-order valence-corrected chi connectivity index (χ2v) is 5.33. The molecule has 0 saturated carbocycles. The number of Topliss-reactive ketones (excluding diaryl/α,β-unsaturated/α-hetero) is 1. The van der Waals surface area contributed by atoms with Crippen molar-refractivity contribution in [3.8, 4) is 0 Å². The first-order chi connectivity index (χ1) is 8.75. The van der Waals surface area contributed by atoms with E-state index >= 15 is 0 Å². The van der Waals surface area contributed by atoms with Gasteiger partial charge in [-0.05, 0) is 31.0 Å². The number of carbonyl (C=O) groups excluding carboxylic acids is 1. The lowest BCUT2D eigenvalue weighted by Gasteiger charge is -2.03. The van der Waals surface area contributed by atoms with Gasteiger partial charge < -0.3 is 0 Å². The van der Waals surface area contributed by atoms with E-state index in [1.807, 2.05) is 42.1 Å². The van der Waals surface area contributed by atoms with Gasteiger partial charge in [0.1, 0.15) is 0 Å². The van der Waals surface area contributed by atoms with Gasteiger partial charge in [0.05, 0.1) is 0 Å². The number of thioether (sulfide) groups is 1. The van der Waals surface area contributed by atoms with Crippen molar-refractivity contribution in [3.05, 3.63) is 65.7 Å². The predicted octanol–water partition coefficient (Wildman–Crippen LogP) is 4.22. The van der Waals surface area contributed by atoms with Crippen LogP contribution in [0.4, 0.5) is 0 Å². The zero-order valence-electron chi connectivity index (χ0n) is 10.4. The molecule has 2 heteroatoms. The Labute approximate surface area is 112 Å². The fourth-order valence-corrected chi connectivity index (χ4v) is 2.62. The van der Waals surface area contributed by atoms with E-state index in [-0.39, 0.29) is 5.78 Å². The van der Waals surface area contributed by atoms with E-state index in [0.29, 0.717) is 0 Å². The van der Waals surface area contributed by atoms with Gasteiger partial charge in [-0.1, -0.05) is 42.5 Å². The highest BCUT2D eigenvalue weighted by Gasteiger charge is 1.99. The molecule has 0 aliphatic rings. The standard InChI is InChI=1S/C16H16OS/c1-13(17)15-7-9-16(10-8-15)18-12-11-14-5-3-2-4-6-14/h2-10H,11-12H2,1H3. The van der Waals surface area contributed by atoms with E-state index in [2.05, 4.69) is 24.3 Å². The number of aryl methyl sites for hydroxylation is 1. The topological polar surface area (TPSA) is 17.1 Å². The molecule has 0 spiro atoms. The minimum absolute atomic E-state index is 0.121. The molecule has 0 aromatic heterocycles. The number of carbonyl (C=O) groups is 1. The maximum Gasteiger partial charge on any atom is 0.159 e. The first kappa shape index (κ1) is 12.9. The average Bonchev–Trinajstić information content (AvgIpc) is 2.40. The highest BCUT2D eigenvalue weighted by atomic mass is 32.2. The molecule has 0 unspecified atom stereocenters. The molecule has 0 radical (unpaired) electrons. The van der Waals surface area contributed by atoms with Crippen LogP contribution in [0, 0.1) is 0 Å². The van der Waals surface area contributed by atoms with Crippen LogP contribution >= 0.6 is 11.8 Å². The summed E-state index contributed by atoms with van der Waals surface area (Å²) >= 11 is 1.82. The minimum atomic E-state index is 0.121. The molecule has 0 aliphatic carbocycles. The summed E-state index contributed by atoms with van der Waals surface area (Å²) < 4.78 is 0. The van der Waals surface area contributed by atoms with Crippen LogP contribution in [-0.4, -0.2) is 11.5 Å². The van der Waals surface area contributed by atoms with Gasteiger partial charge in [-0.15, -0.1) is 11.8 Å². The van der Waals surface area contributed by atoms with Gasteiger partial charge in [0.15, 0.2) is 5.78 Å². The lowest BCUT2D eigenvalue weighted by molar-refractivity contribution is 0.101. The number of hydrogen-bond donors (Lipinski definition) is 0. The SMILES string of the molecule is CC(=O)c1ccc(SCCc2ccccc2)cc1. The van der Waals surface area contributed by atoms with Gasteiger partial charge in [-0.25, -0.2) is 0 Å². The quantitative estimate of drug-likeness (QED) is 0.588. The first-order valence-electron chi connectivity index (χ1n) is 6.03. The molecule has 0 bridgehead atoms. The van der Waals surface area contributed by atoms with Crippen LogP contribution in [0.5, 0.6) is 0 Å². The summed E-state index contributed by atoms with van der Waals surface area (Å²) in [6.45, 7) is 1.59. The Morgan fingerprint density at radius 3 is 2.28 bits per heavy atom. The lowest BCUT2D eigenvalue weighted by Crippen LogP contribution is -1.91. The summed E-state index contributed by atoms with van der Waals surface area (Å²) in [5, 5.41) is 0. The maximum atomic E-state index is 11.1. The van der Waals surface area contributed by atoms with Crippen molar-refractivity contribution >= 4 is 17.5 Å². The van der Waals surface area contributed by atoms with Crippen molar-refractivity contribution < 1.29 is 4.79 Å². The van der Waals surface area contributed by atoms with E-state index in [1.54, 1.807) is 6.92 Å². The Kier molecular flexibility index (Phi) is 4.59. The monoisotopic (exact) mass is 256 g/mol. The summed E-state index contributed by atoms with van der Waals surface area (Å²) in [4.78, 5) is 12.4. The molecular formula is C16H16OS. The Hall–Kier alpha value is -1.54. The molecule has 1 nitrogen and oxygen atoms in total. The fraction of sp³-hybridized carbons (Fsp3) is 0.188. The van der Waals surface area contributed by atoms with E-state index in [1.165, 1.54) is 10.5 Å². The number of rotatable bonds is 5. The van der Waals surface area contributed by atoms with Crippen LogP contribution in [0.1, 0.15) is 22.8 Å². The van der Waals surface area contributed by atoms with Crippen molar-refractivity contribution in [2.75, 3.05) is 5.75 Å². The smallest absolute Gasteiger partial charge is 0.159 e. The van der Waals surface area contributed by atoms with Crippen molar-refractivity contribution in [2.45, 2.75) is 18.2 Å². The molecule has 0 saturated heterocycles. The maximum absolute atomic E-state index is 11.1. The highest BCUT2D eigenvalue weighted by Crippen LogP contribution is 2.19.